The Morgan fingerprint density at radius 2 is 1.95 bits per heavy atom. The van der Waals surface area contributed by atoms with Crippen LogP contribution in [-0.2, 0) is 9.53 Å². The zero-order chi connectivity index (χ0) is 15.3. The first-order valence-corrected chi connectivity index (χ1v) is 6.64. The first kappa shape index (κ1) is 16.3. The molecule has 2 N–H and O–H groups in total. The van der Waals surface area contributed by atoms with E-state index in [1.165, 1.54) is 7.11 Å². The molecule has 0 saturated carbocycles. The maximum Gasteiger partial charge on any atom is 0.328 e. The number of esters is 1. The number of hydrogen-bond donors (Lipinski definition) is 2. The molecule has 0 bridgehead atoms. The maximum atomic E-state index is 11.9. The molecule has 1 atom stereocenters. The fourth-order valence-corrected chi connectivity index (χ4v) is 1.83. The lowest BCUT2D eigenvalue weighted by molar-refractivity contribution is -0.143. The van der Waals surface area contributed by atoms with Crippen LogP contribution in [0.4, 0.5) is 10.5 Å². The molecular weight excluding hydrogens is 280 g/mol. The molecule has 0 fully saturated rings. The van der Waals surface area contributed by atoms with Crippen molar-refractivity contribution in [3.8, 4) is 0 Å². The molecule has 0 aliphatic rings. The number of methoxy groups -OCH3 is 1. The minimum atomic E-state index is -0.695. The second kappa shape index (κ2) is 7.14. The third-order valence-electron chi connectivity index (χ3n) is 2.86. The van der Waals surface area contributed by atoms with Crippen LogP contribution in [0.15, 0.2) is 18.2 Å². The highest BCUT2D eigenvalue weighted by Gasteiger charge is 2.24. The lowest BCUT2D eigenvalue weighted by Gasteiger charge is -2.20. The van der Waals surface area contributed by atoms with Crippen LogP contribution in [0.3, 0.4) is 0 Å². The van der Waals surface area contributed by atoms with E-state index in [2.05, 4.69) is 15.4 Å². The van der Waals surface area contributed by atoms with Crippen molar-refractivity contribution in [1.82, 2.24) is 5.32 Å². The first-order valence-electron chi connectivity index (χ1n) is 6.26. The van der Waals surface area contributed by atoms with Crippen LogP contribution >= 0.6 is 11.6 Å². The topological polar surface area (TPSA) is 67.4 Å². The fourth-order valence-electron chi connectivity index (χ4n) is 1.65. The summed E-state index contributed by atoms with van der Waals surface area (Å²) in [7, 11) is 1.29. The van der Waals surface area contributed by atoms with Crippen LogP contribution in [0.1, 0.15) is 19.4 Å². The third kappa shape index (κ3) is 4.42. The molecule has 1 aromatic rings. The standard InChI is InChI=1S/C14H19ClN2O3/c1-8(2)12(13(18)20-4)17-14(19)16-11-7-10(15)6-5-9(11)3/h5-8,12H,1-4H3,(H2,16,17,19)/t12-/m0/s1. The Morgan fingerprint density at radius 3 is 2.50 bits per heavy atom. The van der Waals surface area contributed by atoms with E-state index < -0.39 is 18.0 Å². The number of halogens is 1. The Labute approximate surface area is 123 Å². The van der Waals surface area contributed by atoms with Crippen molar-refractivity contribution < 1.29 is 14.3 Å². The fraction of sp³-hybridized carbons (Fsp3) is 0.429. The number of amides is 2. The van der Waals surface area contributed by atoms with Crippen LogP contribution in [0.2, 0.25) is 5.02 Å². The monoisotopic (exact) mass is 298 g/mol. The molecule has 1 aromatic carbocycles. The molecule has 2 amide bonds. The van der Waals surface area contributed by atoms with E-state index in [-0.39, 0.29) is 5.92 Å². The summed E-state index contributed by atoms with van der Waals surface area (Å²) in [5, 5.41) is 5.79. The van der Waals surface area contributed by atoms with Crippen LogP contribution in [-0.4, -0.2) is 25.2 Å². The molecule has 0 saturated heterocycles. The van der Waals surface area contributed by atoms with Gasteiger partial charge in [-0.1, -0.05) is 31.5 Å². The first-order chi connectivity index (χ1) is 9.35. The normalized spacial score (nSPS) is 11.9. The second-order valence-corrected chi connectivity index (χ2v) is 5.24. The molecule has 1 rings (SSSR count). The summed E-state index contributed by atoms with van der Waals surface area (Å²) in [5.74, 6) is -0.549. The number of anilines is 1. The minimum Gasteiger partial charge on any atom is -0.467 e. The molecular formula is C14H19ClN2O3. The van der Waals surface area contributed by atoms with E-state index in [1.807, 2.05) is 20.8 Å². The van der Waals surface area contributed by atoms with E-state index in [0.717, 1.165) is 5.56 Å². The summed E-state index contributed by atoms with van der Waals surface area (Å²) in [6, 6.07) is 4.03. The van der Waals surface area contributed by atoms with Crippen molar-refractivity contribution in [2.24, 2.45) is 5.92 Å². The lowest BCUT2D eigenvalue weighted by Crippen LogP contribution is -2.46. The van der Waals surface area contributed by atoms with Crippen molar-refractivity contribution in [3.05, 3.63) is 28.8 Å². The number of hydrogen-bond acceptors (Lipinski definition) is 3. The summed E-state index contributed by atoms with van der Waals surface area (Å²) in [5.41, 5.74) is 1.48. The van der Waals surface area contributed by atoms with Gasteiger partial charge < -0.3 is 15.4 Å². The summed E-state index contributed by atoms with van der Waals surface area (Å²) in [6.45, 7) is 5.51. The van der Waals surface area contributed by atoms with Gasteiger partial charge in [0, 0.05) is 10.7 Å². The van der Waals surface area contributed by atoms with Gasteiger partial charge in [0.05, 0.1) is 7.11 Å². The SMILES string of the molecule is COC(=O)[C@@H](NC(=O)Nc1cc(Cl)ccc1C)C(C)C. The molecule has 0 aliphatic heterocycles. The molecule has 0 radical (unpaired) electrons. The van der Waals surface area contributed by atoms with Crippen molar-refractivity contribution >= 4 is 29.3 Å². The molecule has 110 valence electrons. The maximum absolute atomic E-state index is 11.9. The molecule has 0 aromatic heterocycles. The van der Waals surface area contributed by atoms with Gasteiger partial charge in [-0.3, -0.25) is 0 Å². The Kier molecular flexibility index (Phi) is 5.82. The zero-order valence-corrected chi connectivity index (χ0v) is 12.7. The largest absolute Gasteiger partial charge is 0.467 e. The van der Waals surface area contributed by atoms with Gasteiger partial charge in [0.2, 0.25) is 0 Å². The predicted octanol–water partition coefficient (Wildman–Crippen LogP) is 2.97. The number of ether oxygens (including phenoxy) is 1. The van der Waals surface area contributed by atoms with Crippen LogP contribution in [0, 0.1) is 12.8 Å². The summed E-state index contributed by atoms with van der Waals surface area (Å²) >= 11 is 5.88. The third-order valence-corrected chi connectivity index (χ3v) is 3.09. The minimum absolute atomic E-state index is 0.0753. The van der Waals surface area contributed by atoms with Crippen molar-refractivity contribution in [3.63, 3.8) is 0 Å². The van der Waals surface area contributed by atoms with E-state index >= 15 is 0 Å². The average Bonchev–Trinajstić information content (AvgIpc) is 2.39. The van der Waals surface area contributed by atoms with Crippen molar-refractivity contribution in [1.29, 1.82) is 0 Å². The van der Waals surface area contributed by atoms with Gasteiger partial charge in [-0.05, 0) is 30.5 Å². The summed E-state index contributed by atoms with van der Waals surface area (Å²) in [6.07, 6.45) is 0. The lowest BCUT2D eigenvalue weighted by atomic mass is 10.1. The Balaban J connectivity index is 2.75. The van der Waals surface area contributed by atoms with Gasteiger partial charge in [0.15, 0.2) is 0 Å². The Hall–Kier alpha value is -1.75. The summed E-state index contributed by atoms with van der Waals surface area (Å²) < 4.78 is 4.67. The highest BCUT2D eigenvalue weighted by Crippen LogP contribution is 2.20. The Bertz CT molecular complexity index is 503. The van der Waals surface area contributed by atoms with Gasteiger partial charge in [0.1, 0.15) is 6.04 Å². The number of aryl methyl sites for hydroxylation is 1. The number of carbonyl (C=O) groups is 2. The Morgan fingerprint density at radius 1 is 1.30 bits per heavy atom. The summed E-state index contributed by atoms with van der Waals surface area (Å²) in [4.78, 5) is 23.5. The highest BCUT2D eigenvalue weighted by atomic mass is 35.5. The van der Waals surface area contributed by atoms with Crippen LogP contribution in [0.5, 0.6) is 0 Å². The van der Waals surface area contributed by atoms with Crippen molar-refractivity contribution in [2.45, 2.75) is 26.8 Å². The van der Waals surface area contributed by atoms with Crippen molar-refractivity contribution in [2.75, 3.05) is 12.4 Å². The second-order valence-electron chi connectivity index (χ2n) is 4.80. The van der Waals surface area contributed by atoms with E-state index in [4.69, 9.17) is 11.6 Å². The van der Waals surface area contributed by atoms with Crippen LogP contribution in [0.25, 0.3) is 0 Å². The molecule has 20 heavy (non-hydrogen) atoms. The van der Waals surface area contributed by atoms with Gasteiger partial charge in [0.25, 0.3) is 0 Å². The number of nitrogens with one attached hydrogen (secondary N) is 2. The van der Waals surface area contributed by atoms with Gasteiger partial charge in [-0.2, -0.15) is 0 Å². The zero-order valence-electron chi connectivity index (χ0n) is 12.0. The molecule has 0 heterocycles. The number of urea groups is 1. The van der Waals surface area contributed by atoms with E-state index in [9.17, 15) is 9.59 Å². The molecule has 0 aliphatic carbocycles. The van der Waals surface area contributed by atoms with E-state index in [0.29, 0.717) is 10.7 Å². The van der Waals surface area contributed by atoms with Gasteiger partial charge >= 0.3 is 12.0 Å². The quantitative estimate of drug-likeness (QED) is 0.840. The smallest absolute Gasteiger partial charge is 0.328 e. The van der Waals surface area contributed by atoms with Gasteiger partial charge in [-0.25, -0.2) is 9.59 Å². The molecule has 0 unspecified atom stereocenters. The predicted molar refractivity (Wildman–Crippen MR) is 79.0 cm³/mol. The molecule has 5 nitrogen and oxygen atoms in total. The van der Waals surface area contributed by atoms with Crippen LogP contribution < -0.4 is 10.6 Å². The number of benzene rings is 1. The average molecular weight is 299 g/mol. The van der Waals surface area contributed by atoms with Gasteiger partial charge in [-0.15, -0.1) is 0 Å². The number of rotatable bonds is 4. The molecule has 0 spiro atoms. The highest BCUT2D eigenvalue weighted by molar-refractivity contribution is 6.31. The van der Waals surface area contributed by atoms with E-state index in [1.54, 1.807) is 18.2 Å². The number of carbonyl (C=O) groups excluding carboxylic acids is 2. The molecule has 6 heteroatoms.